The van der Waals surface area contributed by atoms with Gasteiger partial charge in [0.05, 0.1) is 35.7 Å². The summed E-state index contributed by atoms with van der Waals surface area (Å²) in [7, 11) is 0. The van der Waals surface area contributed by atoms with Crippen LogP contribution in [0.1, 0.15) is 27.4 Å². The van der Waals surface area contributed by atoms with Crippen LogP contribution in [-0.4, -0.2) is 39.0 Å². The van der Waals surface area contributed by atoms with E-state index in [1.807, 2.05) is 26.0 Å². The fourth-order valence-electron chi connectivity index (χ4n) is 2.99. The van der Waals surface area contributed by atoms with Gasteiger partial charge in [-0.15, -0.1) is 0 Å². The van der Waals surface area contributed by atoms with Crippen molar-refractivity contribution in [1.82, 2.24) is 25.4 Å². The second-order valence-corrected chi connectivity index (χ2v) is 6.91. The molecule has 0 radical (unpaired) electrons. The third-order valence-electron chi connectivity index (χ3n) is 4.49. The van der Waals surface area contributed by atoms with Gasteiger partial charge >= 0.3 is 11.8 Å². The van der Waals surface area contributed by atoms with Crippen molar-refractivity contribution in [2.75, 3.05) is 11.9 Å². The number of benzene rings is 1. The molecular weight excluding hydrogens is 396 g/mol. The van der Waals surface area contributed by atoms with Gasteiger partial charge in [0, 0.05) is 18.4 Å². The molecule has 0 aliphatic rings. The largest absolute Gasteiger partial charge is 0.346 e. The smallest absolute Gasteiger partial charge is 0.313 e. The first-order valence-corrected chi connectivity index (χ1v) is 9.81. The predicted molar refractivity (Wildman–Crippen MR) is 115 cm³/mol. The molecule has 0 saturated heterocycles. The molecule has 0 unspecified atom stereocenters. The summed E-state index contributed by atoms with van der Waals surface area (Å²) in [5.41, 5.74) is 3.07. The van der Waals surface area contributed by atoms with Crippen LogP contribution in [-0.2, 0) is 22.7 Å². The first kappa shape index (κ1) is 21.7. The van der Waals surface area contributed by atoms with Gasteiger partial charge in [0.25, 0.3) is 5.91 Å². The van der Waals surface area contributed by atoms with Crippen molar-refractivity contribution < 1.29 is 14.4 Å². The number of anilines is 1. The van der Waals surface area contributed by atoms with Crippen molar-refractivity contribution in [3.05, 3.63) is 77.4 Å². The molecule has 9 nitrogen and oxygen atoms in total. The number of carbonyl (C=O) groups is 3. The van der Waals surface area contributed by atoms with Gasteiger partial charge < -0.3 is 16.0 Å². The average Bonchev–Trinajstić information content (AvgIpc) is 3.09. The van der Waals surface area contributed by atoms with Crippen LogP contribution in [0.5, 0.6) is 0 Å². The summed E-state index contributed by atoms with van der Waals surface area (Å²) in [4.78, 5) is 41.2. The van der Waals surface area contributed by atoms with Gasteiger partial charge in [-0.1, -0.05) is 18.2 Å². The minimum atomic E-state index is -0.849. The van der Waals surface area contributed by atoms with Crippen LogP contribution < -0.4 is 16.0 Å². The Morgan fingerprint density at radius 2 is 1.74 bits per heavy atom. The Labute approximate surface area is 179 Å². The van der Waals surface area contributed by atoms with E-state index in [-0.39, 0.29) is 30.2 Å². The van der Waals surface area contributed by atoms with Gasteiger partial charge in [0.2, 0.25) is 0 Å². The second kappa shape index (κ2) is 10.1. The van der Waals surface area contributed by atoms with E-state index in [1.165, 1.54) is 0 Å². The van der Waals surface area contributed by atoms with Crippen molar-refractivity contribution in [3.63, 3.8) is 0 Å². The maximum Gasteiger partial charge on any atom is 0.313 e. The number of carbonyl (C=O) groups excluding carboxylic acids is 3. The Hall–Kier alpha value is -4.01. The van der Waals surface area contributed by atoms with E-state index in [0.717, 1.165) is 11.4 Å². The first-order valence-electron chi connectivity index (χ1n) is 9.81. The first-order chi connectivity index (χ1) is 14.9. The predicted octanol–water partition coefficient (Wildman–Crippen LogP) is 1.58. The van der Waals surface area contributed by atoms with E-state index >= 15 is 0 Å². The average molecular weight is 420 g/mol. The van der Waals surface area contributed by atoms with E-state index in [1.54, 1.807) is 47.3 Å². The summed E-state index contributed by atoms with van der Waals surface area (Å²) in [5, 5.41) is 12.1. The van der Waals surface area contributed by atoms with Crippen LogP contribution in [0, 0.1) is 13.8 Å². The van der Waals surface area contributed by atoms with E-state index in [9.17, 15) is 14.4 Å². The normalized spacial score (nSPS) is 10.4. The quantitative estimate of drug-likeness (QED) is 0.502. The number of amides is 3. The Morgan fingerprint density at radius 1 is 0.968 bits per heavy atom. The maximum atomic E-state index is 12.6. The molecule has 3 rings (SSSR count). The van der Waals surface area contributed by atoms with Crippen molar-refractivity contribution in [2.45, 2.75) is 26.9 Å². The molecule has 0 aliphatic carbocycles. The SMILES string of the molecule is Cc1cc(C)n(CCNC(=O)C(=O)Nc2ccccc2C(=O)NCc2ccccn2)n1. The van der Waals surface area contributed by atoms with Crippen LogP contribution in [0.15, 0.2) is 54.7 Å². The van der Waals surface area contributed by atoms with Crippen molar-refractivity contribution >= 4 is 23.4 Å². The molecule has 160 valence electrons. The van der Waals surface area contributed by atoms with Crippen LogP contribution in [0.2, 0.25) is 0 Å². The minimum Gasteiger partial charge on any atom is -0.346 e. The molecule has 3 N–H and O–H groups in total. The van der Waals surface area contributed by atoms with Crippen molar-refractivity contribution in [2.24, 2.45) is 0 Å². The van der Waals surface area contributed by atoms with Gasteiger partial charge in [-0.25, -0.2) is 0 Å². The van der Waals surface area contributed by atoms with E-state index < -0.39 is 11.8 Å². The van der Waals surface area contributed by atoms with Crippen LogP contribution >= 0.6 is 0 Å². The molecular formula is C22H24N6O3. The Balaban J connectivity index is 1.55. The summed E-state index contributed by atoms with van der Waals surface area (Å²) in [6, 6.07) is 13.8. The number of nitrogens with zero attached hydrogens (tertiary/aromatic N) is 3. The molecule has 1 aromatic carbocycles. The highest BCUT2D eigenvalue weighted by molar-refractivity contribution is 6.40. The zero-order valence-electron chi connectivity index (χ0n) is 17.4. The van der Waals surface area contributed by atoms with Gasteiger partial charge in [-0.2, -0.15) is 5.10 Å². The number of hydrogen-bond donors (Lipinski definition) is 3. The summed E-state index contributed by atoms with van der Waals surface area (Å²) < 4.78 is 1.76. The molecule has 0 atom stereocenters. The summed E-state index contributed by atoms with van der Waals surface area (Å²) in [6.07, 6.45) is 1.64. The van der Waals surface area contributed by atoms with Gasteiger partial charge in [-0.3, -0.25) is 24.0 Å². The summed E-state index contributed by atoms with van der Waals surface area (Å²) in [6.45, 7) is 4.75. The van der Waals surface area contributed by atoms with Gasteiger partial charge in [0.15, 0.2) is 0 Å². The lowest BCUT2D eigenvalue weighted by Gasteiger charge is -2.11. The van der Waals surface area contributed by atoms with E-state index in [2.05, 4.69) is 26.0 Å². The number of aryl methyl sites for hydroxylation is 2. The molecule has 0 fully saturated rings. The Morgan fingerprint density at radius 3 is 2.45 bits per heavy atom. The molecule has 31 heavy (non-hydrogen) atoms. The van der Waals surface area contributed by atoms with Crippen LogP contribution in [0.4, 0.5) is 5.69 Å². The zero-order valence-corrected chi connectivity index (χ0v) is 17.4. The third-order valence-corrected chi connectivity index (χ3v) is 4.49. The molecule has 3 aromatic rings. The maximum absolute atomic E-state index is 12.6. The number of aromatic nitrogens is 3. The topological polar surface area (TPSA) is 118 Å². The standard InChI is InChI=1S/C22H24N6O3/c1-15-13-16(2)28(27-15)12-11-24-21(30)22(31)26-19-9-4-3-8-18(19)20(29)25-14-17-7-5-6-10-23-17/h3-10,13H,11-12,14H2,1-2H3,(H,24,30)(H,25,29)(H,26,31). The molecule has 0 bridgehead atoms. The highest BCUT2D eigenvalue weighted by Crippen LogP contribution is 2.15. The number of rotatable bonds is 7. The molecule has 9 heteroatoms. The van der Waals surface area contributed by atoms with Crippen LogP contribution in [0.3, 0.4) is 0 Å². The van der Waals surface area contributed by atoms with Crippen LogP contribution in [0.25, 0.3) is 0 Å². The number of nitrogens with one attached hydrogen (secondary N) is 3. The molecule has 2 heterocycles. The molecule has 3 amide bonds. The van der Waals surface area contributed by atoms with E-state index in [0.29, 0.717) is 12.2 Å². The fourth-order valence-corrected chi connectivity index (χ4v) is 2.99. The Bertz CT molecular complexity index is 1080. The number of hydrogen-bond acceptors (Lipinski definition) is 5. The third kappa shape index (κ3) is 5.99. The molecule has 0 saturated carbocycles. The summed E-state index contributed by atoms with van der Waals surface area (Å²) in [5.74, 6) is -2.02. The lowest BCUT2D eigenvalue weighted by molar-refractivity contribution is -0.136. The molecule has 0 aliphatic heterocycles. The number of pyridine rings is 1. The molecule has 0 spiro atoms. The summed E-state index contributed by atoms with van der Waals surface area (Å²) >= 11 is 0. The highest BCUT2D eigenvalue weighted by Gasteiger charge is 2.17. The lowest BCUT2D eigenvalue weighted by atomic mass is 10.1. The minimum absolute atomic E-state index is 0.245. The second-order valence-electron chi connectivity index (χ2n) is 6.91. The zero-order chi connectivity index (χ0) is 22.2. The van der Waals surface area contributed by atoms with Gasteiger partial charge in [0.1, 0.15) is 0 Å². The monoisotopic (exact) mass is 420 g/mol. The van der Waals surface area contributed by atoms with E-state index in [4.69, 9.17) is 0 Å². The van der Waals surface area contributed by atoms with Crippen molar-refractivity contribution in [3.8, 4) is 0 Å². The number of para-hydroxylation sites is 1. The lowest BCUT2D eigenvalue weighted by Crippen LogP contribution is -2.37. The Kier molecular flexibility index (Phi) is 7.10. The van der Waals surface area contributed by atoms with Gasteiger partial charge in [-0.05, 0) is 44.2 Å². The van der Waals surface area contributed by atoms with Crippen molar-refractivity contribution in [1.29, 1.82) is 0 Å². The highest BCUT2D eigenvalue weighted by atomic mass is 16.2. The molecule has 2 aromatic heterocycles. The fraction of sp³-hybridized carbons (Fsp3) is 0.227.